The molecule has 0 unspecified atom stereocenters. The minimum absolute atomic E-state index is 0.0702. The van der Waals surface area contributed by atoms with E-state index in [2.05, 4.69) is 10.3 Å². The summed E-state index contributed by atoms with van der Waals surface area (Å²) in [5, 5.41) is 11.0. The van der Waals surface area contributed by atoms with Crippen LogP contribution in [-0.4, -0.2) is 56.7 Å². The normalized spacial score (nSPS) is 12.4. The Bertz CT molecular complexity index is 1280. The van der Waals surface area contributed by atoms with E-state index in [1.165, 1.54) is 23.3 Å². The molecule has 0 radical (unpaired) electrons. The summed E-state index contributed by atoms with van der Waals surface area (Å²) in [4.78, 5) is 31.0. The molecule has 0 saturated heterocycles. The lowest BCUT2D eigenvalue weighted by Crippen LogP contribution is -2.54. The lowest BCUT2D eigenvalue weighted by Gasteiger charge is -2.25. The Balaban J connectivity index is 1.84. The van der Waals surface area contributed by atoms with Gasteiger partial charge < -0.3 is 15.3 Å². The van der Waals surface area contributed by atoms with E-state index in [0.29, 0.717) is 17.3 Å². The summed E-state index contributed by atoms with van der Waals surface area (Å²) in [5.41, 5.74) is 2.81. The van der Waals surface area contributed by atoms with Gasteiger partial charge in [0, 0.05) is 31.8 Å². The van der Waals surface area contributed by atoms with Gasteiger partial charge >= 0.3 is 16.2 Å². The number of carbonyl (C=O) groups excluding carboxylic acids is 2. The predicted octanol–water partition coefficient (Wildman–Crippen LogP) is 1.27. The van der Waals surface area contributed by atoms with Crippen LogP contribution in [0, 0.1) is 11.6 Å². The fraction of sp³-hybridized carbons (Fsp3) is 0.250. The molecule has 0 spiro atoms. The van der Waals surface area contributed by atoms with E-state index >= 15 is 0 Å². The number of amides is 3. The third-order valence-corrected chi connectivity index (χ3v) is 6.48. The van der Waals surface area contributed by atoms with Crippen LogP contribution >= 0.6 is 11.3 Å². The minimum atomic E-state index is -4.31. The molecule has 0 aliphatic rings. The van der Waals surface area contributed by atoms with Gasteiger partial charge in [-0.1, -0.05) is 0 Å². The summed E-state index contributed by atoms with van der Waals surface area (Å²) < 4.78 is 55.5. The number of nitrogens with zero attached hydrogens (tertiary/aromatic N) is 2. The summed E-state index contributed by atoms with van der Waals surface area (Å²) in [6, 6.07) is 5.13. The lowest BCUT2D eigenvalue weighted by atomic mass is 10.0. The zero-order valence-electron chi connectivity index (χ0n) is 17.8. The molecule has 182 valence electrons. The van der Waals surface area contributed by atoms with Gasteiger partial charge in [-0.3, -0.25) is 4.79 Å². The summed E-state index contributed by atoms with van der Waals surface area (Å²) in [7, 11) is -2.88. The van der Waals surface area contributed by atoms with Crippen molar-refractivity contribution in [3.63, 3.8) is 0 Å². The van der Waals surface area contributed by atoms with Crippen LogP contribution in [0.2, 0.25) is 0 Å². The molecular weight excluding hydrogens is 492 g/mol. The number of aliphatic hydroxyl groups excluding tert-OH is 1. The van der Waals surface area contributed by atoms with Gasteiger partial charge in [0.2, 0.25) is 5.91 Å². The molecule has 1 heterocycles. The zero-order chi connectivity index (χ0) is 24.9. The Kier molecular flexibility index (Phi) is 8.09. The van der Waals surface area contributed by atoms with Gasteiger partial charge in [-0.25, -0.2) is 23.3 Å². The lowest BCUT2D eigenvalue weighted by molar-refractivity contribution is -0.120. The van der Waals surface area contributed by atoms with Crippen LogP contribution in [-0.2, 0) is 21.4 Å². The summed E-state index contributed by atoms with van der Waals surface area (Å²) in [6.45, 7) is -0.835. The van der Waals surface area contributed by atoms with Gasteiger partial charge in [0.05, 0.1) is 22.3 Å². The molecular formula is C20H21F2N5O5S2. The molecule has 3 aromatic rings. The van der Waals surface area contributed by atoms with E-state index < -0.39 is 46.4 Å². The van der Waals surface area contributed by atoms with Crippen molar-refractivity contribution in [1.82, 2.24) is 19.7 Å². The highest BCUT2D eigenvalue weighted by molar-refractivity contribution is 7.88. The first-order valence-corrected chi connectivity index (χ1v) is 12.2. The molecule has 0 fully saturated rings. The molecule has 4 N–H and O–H groups in total. The number of nitrogens with one attached hydrogen (secondary N) is 3. The van der Waals surface area contributed by atoms with Crippen LogP contribution in [0.15, 0.2) is 41.9 Å². The fourth-order valence-corrected chi connectivity index (χ4v) is 4.50. The third kappa shape index (κ3) is 6.66. The van der Waals surface area contributed by atoms with Crippen molar-refractivity contribution in [2.45, 2.75) is 12.5 Å². The number of anilines is 1. The second-order valence-electron chi connectivity index (χ2n) is 7.13. The number of hydrogen-bond donors (Lipinski definition) is 4. The number of halogens is 2. The van der Waals surface area contributed by atoms with Crippen molar-refractivity contribution in [3.05, 3.63) is 59.1 Å². The van der Waals surface area contributed by atoms with Crippen molar-refractivity contribution in [3.8, 4) is 0 Å². The van der Waals surface area contributed by atoms with Crippen molar-refractivity contribution >= 4 is 49.4 Å². The Labute approximate surface area is 197 Å². The molecule has 3 rings (SSSR count). The largest absolute Gasteiger partial charge is 0.395 e. The number of aliphatic hydroxyl groups is 1. The van der Waals surface area contributed by atoms with E-state index in [-0.39, 0.29) is 18.5 Å². The van der Waals surface area contributed by atoms with Crippen LogP contribution in [0.25, 0.3) is 10.2 Å². The average molecular weight is 514 g/mol. The molecule has 0 aliphatic heterocycles. The Morgan fingerprint density at radius 2 is 1.88 bits per heavy atom. The van der Waals surface area contributed by atoms with Crippen molar-refractivity contribution in [1.29, 1.82) is 0 Å². The maximum atomic E-state index is 13.7. The molecule has 0 bridgehead atoms. The van der Waals surface area contributed by atoms with Crippen LogP contribution in [0.1, 0.15) is 5.56 Å². The summed E-state index contributed by atoms with van der Waals surface area (Å²) >= 11 is 1.42. The number of benzene rings is 2. The monoisotopic (exact) mass is 513 g/mol. The van der Waals surface area contributed by atoms with Crippen LogP contribution in [0.5, 0.6) is 0 Å². The number of likely N-dealkylation sites (N-methyl/N-ethyl adjacent to an activating group) is 1. The third-order valence-electron chi connectivity index (χ3n) is 4.63. The number of aromatic nitrogens is 1. The fourth-order valence-electron chi connectivity index (χ4n) is 3.11. The smallest absolute Gasteiger partial charge is 0.330 e. The molecule has 1 aromatic heterocycles. The first-order chi connectivity index (χ1) is 16.1. The maximum Gasteiger partial charge on any atom is 0.330 e. The van der Waals surface area contributed by atoms with Crippen LogP contribution < -0.4 is 19.7 Å². The number of urea groups is 1. The highest BCUT2D eigenvalue weighted by atomic mass is 32.2. The SMILES string of the molecule is CN(C(=O)[C@H](Cc1cc(F)cc(F)c1)NC(=O)NS(=O)(=O)NCCO)c1ccc2scnc2c1. The van der Waals surface area contributed by atoms with Gasteiger partial charge in [-0.15, -0.1) is 11.3 Å². The van der Waals surface area contributed by atoms with Gasteiger partial charge in [0.25, 0.3) is 0 Å². The van der Waals surface area contributed by atoms with Gasteiger partial charge in [0.1, 0.15) is 17.7 Å². The van der Waals surface area contributed by atoms with Crippen LogP contribution in [0.3, 0.4) is 0 Å². The Hall–Kier alpha value is -3.20. The number of thiazole rings is 1. The van der Waals surface area contributed by atoms with Gasteiger partial charge in [0.15, 0.2) is 0 Å². The maximum absolute atomic E-state index is 13.7. The van der Waals surface area contributed by atoms with Crippen LogP contribution in [0.4, 0.5) is 19.3 Å². The van der Waals surface area contributed by atoms with Crippen molar-refractivity contribution < 1.29 is 31.9 Å². The standard InChI is InChI=1S/C20H21F2N5O5S2/c1-27(15-2-3-18-16(10-15)23-11-33-18)19(29)17(8-12-6-13(21)9-14(22)7-12)25-20(30)26-34(31,32)24-4-5-28/h2-3,6-7,9-11,17,24,28H,4-5,8H2,1H3,(H2,25,26,30)/t17-/m0/s1. The molecule has 14 heteroatoms. The topological polar surface area (TPSA) is 141 Å². The Morgan fingerprint density at radius 3 is 2.56 bits per heavy atom. The second kappa shape index (κ2) is 10.8. The first-order valence-electron chi connectivity index (χ1n) is 9.82. The highest BCUT2D eigenvalue weighted by Crippen LogP contribution is 2.24. The molecule has 2 aromatic carbocycles. The van der Waals surface area contributed by atoms with Crippen molar-refractivity contribution in [2.24, 2.45) is 0 Å². The van der Waals surface area contributed by atoms with E-state index in [9.17, 15) is 26.8 Å². The van der Waals surface area contributed by atoms with E-state index in [1.807, 2.05) is 4.72 Å². The average Bonchev–Trinajstić information content (AvgIpc) is 3.23. The van der Waals surface area contributed by atoms with E-state index in [4.69, 9.17) is 5.11 Å². The van der Waals surface area contributed by atoms with E-state index in [0.717, 1.165) is 16.8 Å². The second-order valence-corrected chi connectivity index (χ2v) is 9.52. The number of rotatable bonds is 9. The molecule has 1 atom stereocenters. The molecule has 0 aliphatic carbocycles. The quantitative estimate of drug-likeness (QED) is 0.340. The van der Waals surface area contributed by atoms with Crippen molar-refractivity contribution in [2.75, 3.05) is 25.1 Å². The molecule has 10 nitrogen and oxygen atoms in total. The minimum Gasteiger partial charge on any atom is -0.395 e. The molecule has 0 saturated carbocycles. The Morgan fingerprint density at radius 1 is 1.18 bits per heavy atom. The number of fused-ring (bicyclic) bond motifs is 1. The molecule has 3 amide bonds. The van der Waals surface area contributed by atoms with Gasteiger partial charge in [-0.2, -0.15) is 13.1 Å². The summed E-state index contributed by atoms with van der Waals surface area (Å²) in [6.07, 6.45) is -0.325. The number of hydrogen-bond acceptors (Lipinski definition) is 7. The number of carbonyl (C=O) groups is 2. The predicted molar refractivity (Wildman–Crippen MR) is 123 cm³/mol. The highest BCUT2D eigenvalue weighted by Gasteiger charge is 2.27. The molecule has 34 heavy (non-hydrogen) atoms. The summed E-state index contributed by atoms with van der Waals surface area (Å²) in [5.74, 6) is -2.41. The van der Waals surface area contributed by atoms with Gasteiger partial charge in [-0.05, 0) is 35.9 Å². The zero-order valence-corrected chi connectivity index (χ0v) is 19.4. The van der Waals surface area contributed by atoms with E-state index in [1.54, 1.807) is 28.4 Å². The first kappa shape index (κ1) is 25.4.